The Labute approximate surface area is 121 Å². The van der Waals surface area contributed by atoms with Gasteiger partial charge in [-0.1, -0.05) is 6.07 Å². The number of likely N-dealkylation sites (tertiary alicyclic amines) is 1. The molecule has 1 aliphatic heterocycles. The van der Waals surface area contributed by atoms with Gasteiger partial charge < -0.3 is 10.2 Å². The lowest BCUT2D eigenvalue weighted by molar-refractivity contribution is -0.137. The molecule has 1 aliphatic rings. The number of nitrogens with zero attached hydrogens (tertiary/aromatic N) is 1. The van der Waals surface area contributed by atoms with Crippen LogP contribution in [0.2, 0.25) is 0 Å². The number of likely N-dealkylation sites (N-methyl/N-ethyl adjacent to an activating group) is 1. The Balaban J connectivity index is 0.00000200. The van der Waals surface area contributed by atoms with Crippen molar-refractivity contribution in [3.63, 3.8) is 0 Å². The zero-order chi connectivity index (χ0) is 14.0. The molecule has 7 heteroatoms. The molecule has 0 aliphatic carbocycles. The number of carbonyl (C=O) groups is 1. The van der Waals surface area contributed by atoms with E-state index >= 15 is 0 Å². The van der Waals surface area contributed by atoms with Crippen LogP contribution in [0.25, 0.3) is 0 Å². The molecule has 20 heavy (non-hydrogen) atoms. The van der Waals surface area contributed by atoms with Gasteiger partial charge in [0.25, 0.3) is 5.91 Å². The Bertz CT molecular complexity index is 479. The smallest absolute Gasteiger partial charge is 0.337 e. The van der Waals surface area contributed by atoms with Crippen LogP contribution in [0.4, 0.5) is 13.2 Å². The van der Waals surface area contributed by atoms with Gasteiger partial charge in [-0.25, -0.2) is 0 Å². The van der Waals surface area contributed by atoms with Crippen LogP contribution in [0.15, 0.2) is 24.3 Å². The third-order valence-corrected chi connectivity index (χ3v) is 3.32. The van der Waals surface area contributed by atoms with Crippen LogP contribution in [0.3, 0.4) is 0 Å². The normalized spacial score (nSPS) is 18.8. The summed E-state index contributed by atoms with van der Waals surface area (Å²) >= 11 is 0. The fraction of sp³-hybridized carbons (Fsp3) is 0.462. The molecule has 0 radical (unpaired) electrons. The molecular weight excluding hydrogens is 293 g/mol. The number of nitrogens with one attached hydrogen (secondary N) is 1. The lowest BCUT2D eigenvalue weighted by Crippen LogP contribution is -2.33. The first kappa shape index (κ1) is 16.8. The maximum Gasteiger partial charge on any atom is 0.416 e. The third-order valence-electron chi connectivity index (χ3n) is 3.32. The molecule has 0 saturated carbocycles. The summed E-state index contributed by atoms with van der Waals surface area (Å²) in [7, 11) is 1.81. The lowest BCUT2D eigenvalue weighted by Gasteiger charge is -2.17. The average Bonchev–Trinajstić information content (AvgIpc) is 2.86. The van der Waals surface area contributed by atoms with Gasteiger partial charge in [0.2, 0.25) is 0 Å². The number of carbonyl (C=O) groups excluding carboxylic acids is 1. The van der Waals surface area contributed by atoms with Gasteiger partial charge in [0, 0.05) is 24.7 Å². The highest BCUT2D eigenvalue weighted by molar-refractivity contribution is 5.94. The van der Waals surface area contributed by atoms with Crippen molar-refractivity contribution in [2.24, 2.45) is 0 Å². The van der Waals surface area contributed by atoms with Crippen LogP contribution < -0.4 is 5.32 Å². The SMILES string of the molecule is CNC1CCN(C(=O)c2cccc(C(F)(F)F)c2)C1.Cl. The van der Waals surface area contributed by atoms with E-state index in [2.05, 4.69) is 5.32 Å². The van der Waals surface area contributed by atoms with Gasteiger partial charge in [0.1, 0.15) is 0 Å². The van der Waals surface area contributed by atoms with Crippen LogP contribution in [0.1, 0.15) is 22.3 Å². The number of rotatable bonds is 2. The summed E-state index contributed by atoms with van der Waals surface area (Å²) in [6.45, 7) is 1.10. The summed E-state index contributed by atoms with van der Waals surface area (Å²) in [6, 6.07) is 4.78. The van der Waals surface area contributed by atoms with E-state index in [1.807, 2.05) is 7.05 Å². The zero-order valence-electron chi connectivity index (χ0n) is 10.9. The molecule has 1 heterocycles. The first-order valence-corrected chi connectivity index (χ1v) is 6.05. The maximum atomic E-state index is 12.6. The molecule has 1 fully saturated rings. The van der Waals surface area contributed by atoms with E-state index in [0.29, 0.717) is 13.1 Å². The number of alkyl halides is 3. The third kappa shape index (κ3) is 3.64. The van der Waals surface area contributed by atoms with Gasteiger partial charge in [0.15, 0.2) is 0 Å². The summed E-state index contributed by atoms with van der Waals surface area (Å²) in [6.07, 6.45) is -3.60. The monoisotopic (exact) mass is 308 g/mol. The molecule has 1 amide bonds. The summed E-state index contributed by atoms with van der Waals surface area (Å²) in [5.74, 6) is -0.344. The molecule has 3 nitrogen and oxygen atoms in total. The summed E-state index contributed by atoms with van der Waals surface area (Å²) < 4.78 is 37.8. The average molecular weight is 309 g/mol. The molecular formula is C13H16ClF3N2O. The highest BCUT2D eigenvalue weighted by Gasteiger charge is 2.32. The Morgan fingerprint density at radius 3 is 2.65 bits per heavy atom. The van der Waals surface area contributed by atoms with Crippen molar-refractivity contribution >= 4 is 18.3 Å². The topological polar surface area (TPSA) is 32.3 Å². The Hall–Kier alpha value is -1.27. The van der Waals surface area contributed by atoms with Gasteiger partial charge in [-0.3, -0.25) is 4.79 Å². The second kappa shape index (κ2) is 6.45. The lowest BCUT2D eigenvalue weighted by atomic mass is 10.1. The Morgan fingerprint density at radius 1 is 1.40 bits per heavy atom. The predicted molar refractivity (Wildman–Crippen MR) is 72.1 cm³/mol. The highest BCUT2D eigenvalue weighted by atomic mass is 35.5. The first-order valence-electron chi connectivity index (χ1n) is 6.05. The molecule has 1 atom stereocenters. The standard InChI is InChI=1S/C13H15F3N2O.ClH/c1-17-11-5-6-18(8-11)12(19)9-3-2-4-10(7-9)13(14,15)16;/h2-4,7,11,17H,5-6,8H2,1H3;1H. The van der Waals surface area contributed by atoms with Gasteiger partial charge in [-0.2, -0.15) is 13.2 Å². The summed E-state index contributed by atoms with van der Waals surface area (Å²) in [5, 5.41) is 3.06. The number of hydrogen-bond acceptors (Lipinski definition) is 2. The molecule has 2 rings (SSSR count). The quantitative estimate of drug-likeness (QED) is 0.911. The predicted octanol–water partition coefficient (Wildman–Crippen LogP) is 2.56. The first-order chi connectivity index (χ1) is 8.91. The molecule has 1 saturated heterocycles. The summed E-state index contributed by atoms with van der Waals surface area (Å²) in [4.78, 5) is 13.7. The molecule has 1 aromatic rings. The zero-order valence-corrected chi connectivity index (χ0v) is 11.7. The Morgan fingerprint density at radius 2 is 2.10 bits per heavy atom. The van der Waals surface area contributed by atoms with E-state index in [1.165, 1.54) is 12.1 Å². The van der Waals surface area contributed by atoms with Crippen LogP contribution >= 0.6 is 12.4 Å². The van der Waals surface area contributed by atoms with Crippen molar-refractivity contribution in [2.45, 2.75) is 18.6 Å². The maximum absolute atomic E-state index is 12.6. The molecule has 1 N–H and O–H groups in total. The Kier molecular flexibility index (Phi) is 5.42. The molecule has 0 bridgehead atoms. The van der Waals surface area contributed by atoms with Crippen molar-refractivity contribution in [3.8, 4) is 0 Å². The minimum atomic E-state index is -4.42. The fourth-order valence-electron chi connectivity index (χ4n) is 2.19. The van der Waals surface area contributed by atoms with Crippen molar-refractivity contribution in [1.82, 2.24) is 10.2 Å². The summed E-state index contributed by atoms with van der Waals surface area (Å²) in [5.41, 5.74) is -0.700. The second-order valence-electron chi connectivity index (χ2n) is 4.60. The fourth-order valence-corrected chi connectivity index (χ4v) is 2.19. The number of hydrogen-bond donors (Lipinski definition) is 1. The van der Waals surface area contributed by atoms with E-state index in [-0.39, 0.29) is 29.9 Å². The highest BCUT2D eigenvalue weighted by Crippen LogP contribution is 2.30. The van der Waals surface area contributed by atoms with E-state index in [0.717, 1.165) is 18.6 Å². The second-order valence-corrected chi connectivity index (χ2v) is 4.60. The van der Waals surface area contributed by atoms with Crippen LogP contribution in [-0.4, -0.2) is 37.0 Å². The number of halogens is 4. The van der Waals surface area contributed by atoms with Crippen LogP contribution in [0.5, 0.6) is 0 Å². The van der Waals surface area contributed by atoms with Crippen molar-refractivity contribution in [2.75, 3.05) is 20.1 Å². The molecule has 1 aromatic carbocycles. The van der Waals surface area contributed by atoms with Gasteiger partial charge in [-0.05, 0) is 31.7 Å². The molecule has 112 valence electrons. The van der Waals surface area contributed by atoms with Crippen molar-refractivity contribution < 1.29 is 18.0 Å². The number of amides is 1. The molecule has 0 spiro atoms. The van der Waals surface area contributed by atoms with E-state index in [4.69, 9.17) is 0 Å². The van der Waals surface area contributed by atoms with E-state index in [1.54, 1.807) is 4.90 Å². The molecule has 1 unspecified atom stereocenters. The van der Waals surface area contributed by atoms with E-state index in [9.17, 15) is 18.0 Å². The largest absolute Gasteiger partial charge is 0.416 e. The van der Waals surface area contributed by atoms with Crippen LogP contribution in [0, 0.1) is 0 Å². The van der Waals surface area contributed by atoms with Crippen LogP contribution in [-0.2, 0) is 6.18 Å². The van der Waals surface area contributed by atoms with E-state index < -0.39 is 11.7 Å². The molecule has 0 aromatic heterocycles. The van der Waals surface area contributed by atoms with Gasteiger partial charge >= 0.3 is 6.18 Å². The minimum absolute atomic E-state index is 0. The van der Waals surface area contributed by atoms with Gasteiger partial charge in [0.05, 0.1) is 5.56 Å². The van der Waals surface area contributed by atoms with Crippen molar-refractivity contribution in [1.29, 1.82) is 0 Å². The van der Waals surface area contributed by atoms with Crippen molar-refractivity contribution in [3.05, 3.63) is 35.4 Å². The number of benzene rings is 1. The van der Waals surface area contributed by atoms with Gasteiger partial charge in [-0.15, -0.1) is 12.4 Å². The minimum Gasteiger partial charge on any atom is -0.337 e.